The third-order valence-corrected chi connectivity index (χ3v) is 8.34. The van der Waals surface area contributed by atoms with Crippen LogP contribution in [0.5, 0.6) is 0 Å². The highest BCUT2D eigenvalue weighted by molar-refractivity contribution is 6.02. The summed E-state index contributed by atoms with van der Waals surface area (Å²) in [5, 5.41) is 0. The second-order valence-corrected chi connectivity index (χ2v) is 12.4. The SMILES string of the molecule is CCOC(=O)c1c(CC)c2cc3nc(cc4[nH]c(cc5nc(cc1[nH]2)C(C)(C)C5)c(CC)c4C(=O)OCC)C(C)(C)C3. The van der Waals surface area contributed by atoms with Gasteiger partial charge in [-0.2, -0.15) is 0 Å². The number of hydrogen-bond acceptors (Lipinski definition) is 6. The fourth-order valence-electron chi connectivity index (χ4n) is 6.24. The van der Waals surface area contributed by atoms with Gasteiger partial charge in [-0.3, -0.25) is 9.97 Å². The van der Waals surface area contributed by atoms with Crippen LogP contribution in [0.3, 0.4) is 0 Å². The first-order chi connectivity index (χ1) is 19.9. The van der Waals surface area contributed by atoms with Gasteiger partial charge < -0.3 is 19.4 Å². The van der Waals surface area contributed by atoms with Crippen molar-refractivity contribution in [1.82, 2.24) is 19.9 Å². The molecule has 0 radical (unpaired) electrons. The fraction of sp³-hybridized carbons (Fsp3) is 0.471. The molecule has 5 rings (SSSR count). The summed E-state index contributed by atoms with van der Waals surface area (Å²) in [7, 11) is 0. The maximum atomic E-state index is 13.3. The molecule has 3 aromatic rings. The Hall–Kier alpha value is -3.94. The minimum absolute atomic E-state index is 0.270. The van der Waals surface area contributed by atoms with E-state index in [4.69, 9.17) is 19.4 Å². The van der Waals surface area contributed by atoms with Crippen LogP contribution < -0.4 is 0 Å². The molecule has 0 fully saturated rings. The summed E-state index contributed by atoms with van der Waals surface area (Å²) in [4.78, 5) is 43.7. The molecule has 2 aliphatic heterocycles. The molecule has 222 valence electrons. The molecule has 0 unspecified atom stereocenters. The Morgan fingerprint density at radius 3 is 1.38 bits per heavy atom. The minimum atomic E-state index is -0.339. The van der Waals surface area contributed by atoms with E-state index in [-0.39, 0.29) is 22.8 Å². The lowest BCUT2D eigenvalue weighted by Crippen LogP contribution is -2.15. The standard InChI is InChI=1S/C34H42N4O4/c1-9-21-23-13-19-17-33(5,6)28(35-19)16-26-30(32(40)42-12-4)22(10-2)24(38-26)14-20-18-34(7,8)27(36-20)15-25(37-23)29(21)31(39)41-11-3/h13-16,37-38H,9-12,17-18H2,1-8H3. The molecule has 8 bridgehead atoms. The van der Waals surface area contributed by atoms with Crippen LogP contribution in [-0.4, -0.2) is 45.1 Å². The van der Waals surface area contributed by atoms with Crippen molar-refractivity contribution >= 4 is 34.0 Å². The Kier molecular flexibility index (Phi) is 7.77. The summed E-state index contributed by atoms with van der Waals surface area (Å²) >= 11 is 0. The molecule has 0 atom stereocenters. The highest BCUT2D eigenvalue weighted by Crippen LogP contribution is 2.35. The molecule has 0 saturated heterocycles. The number of aryl methyl sites for hydroxylation is 2. The van der Waals surface area contributed by atoms with Gasteiger partial charge in [-0.25, -0.2) is 9.59 Å². The quantitative estimate of drug-likeness (QED) is 0.314. The lowest BCUT2D eigenvalue weighted by Gasteiger charge is -2.15. The first kappa shape index (κ1) is 29.5. The van der Waals surface area contributed by atoms with Crippen molar-refractivity contribution in [1.29, 1.82) is 0 Å². The Morgan fingerprint density at radius 2 is 1.05 bits per heavy atom. The van der Waals surface area contributed by atoms with Gasteiger partial charge in [-0.1, -0.05) is 41.5 Å². The van der Waals surface area contributed by atoms with Crippen LogP contribution in [-0.2, 0) is 46.0 Å². The van der Waals surface area contributed by atoms with Crippen LogP contribution in [0, 0.1) is 0 Å². The molecule has 3 aromatic heterocycles. The number of hydrogen-bond donors (Lipinski definition) is 2. The van der Waals surface area contributed by atoms with Gasteiger partial charge >= 0.3 is 11.9 Å². The zero-order valence-electron chi connectivity index (χ0n) is 26.1. The van der Waals surface area contributed by atoms with Crippen LogP contribution in [0.2, 0.25) is 0 Å². The molecule has 2 aliphatic rings. The van der Waals surface area contributed by atoms with Crippen molar-refractivity contribution in [3.63, 3.8) is 0 Å². The number of carbonyl (C=O) groups is 2. The smallest absolute Gasteiger partial charge is 0.340 e. The number of aromatic nitrogens is 4. The summed E-state index contributed by atoms with van der Waals surface area (Å²) in [5.74, 6) is -0.679. The molecule has 8 heteroatoms. The predicted octanol–water partition coefficient (Wildman–Crippen LogP) is 6.83. The van der Waals surface area contributed by atoms with E-state index in [2.05, 4.69) is 37.7 Å². The van der Waals surface area contributed by atoms with Gasteiger partial charge in [-0.05, 0) is 62.1 Å². The van der Waals surface area contributed by atoms with Crippen LogP contribution in [0.1, 0.15) is 110 Å². The lowest BCUT2D eigenvalue weighted by atomic mass is 9.86. The van der Waals surface area contributed by atoms with Crippen LogP contribution in [0.4, 0.5) is 0 Å². The van der Waals surface area contributed by atoms with E-state index in [0.29, 0.717) is 61.1 Å². The number of nitrogens with one attached hydrogen (secondary N) is 2. The van der Waals surface area contributed by atoms with Crippen molar-refractivity contribution in [3.05, 3.63) is 69.3 Å². The van der Waals surface area contributed by atoms with Gasteiger partial charge in [0.1, 0.15) is 0 Å². The Labute approximate surface area is 247 Å². The molecular weight excluding hydrogens is 528 g/mol. The first-order valence-electron chi connectivity index (χ1n) is 15.0. The van der Waals surface area contributed by atoms with E-state index in [9.17, 15) is 9.59 Å². The third kappa shape index (κ3) is 5.23. The summed E-state index contributed by atoms with van der Waals surface area (Å²) in [5.41, 5.74) is 9.03. The lowest BCUT2D eigenvalue weighted by molar-refractivity contribution is 0.0518. The summed E-state index contributed by atoms with van der Waals surface area (Å²) in [6, 6.07) is 8.08. The third-order valence-electron chi connectivity index (χ3n) is 8.34. The average molecular weight is 571 g/mol. The number of carbonyl (C=O) groups excluding carboxylic acids is 2. The topological polar surface area (TPSA) is 110 Å². The Bertz CT molecular complexity index is 1600. The molecular formula is C34H42N4O4. The summed E-state index contributed by atoms with van der Waals surface area (Å²) in [6.45, 7) is 17.0. The molecule has 42 heavy (non-hydrogen) atoms. The molecule has 0 amide bonds. The van der Waals surface area contributed by atoms with Crippen LogP contribution >= 0.6 is 0 Å². The van der Waals surface area contributed by atoms with Gasteiger partial charge in [0.15, 0.2) is 0 Å². The van der Waals surface area contributed by atoms with Crippen LogP contribution in [0.15, 0.2) is 24.3 Å². The maximum Gasteiger partial charge on any atom is 0.340 e. The van der Waals surface area contributed by atoms with E-state index in [1.54, 1.807) is 0 Å². The normalized spacial score (nSPS) is 15.4. The highest BCUT2D eigenvalue weighted by Gasteiger charge is 2.32. The van der Waals surface area contributed by atoms with Gasteiger partial charge in [0.2, 0.25) is 0 Å². The number of esters is 2. The zero-order valence-corrected chi connectivity index (χ0v) is 26.1. The van der Waals surface area contributed by atoms with Crippen molar-refractivity contribution < 1.29 is 19.1 Å². The van der Waals surface area contributed by atoms with Gasteiger partial charge in [0.05, 0.1) is 35.4 Å². The Balaban J connectivity index is 1.96. The van der Waals surface area contributed by atoms with Crippen molar-refractivity contribution in [3.8, 4) is 0 Å². The monoisotopic (exact) mass is 570 g/mol. The number of nitrogens with zero attached hydrogens (tertiary/aromatic N) is 2. The highest BCUT2D eigenvalue weighted by atomic mass is 16.5. The van der Waals surface area contributed by atoms with E-state index in [1.807, 2.05) is 52.0 Å². The first-order valence-corrected chi connectivity index (χ1v) is 15.0. The van der Waals surface area contributed by atoms with Crippen molar-refractivity contribution in [2.75, 3.05) is 13.2 Å². The van der Waals surface area contributed by atoms with E-state index < -0.39 is 0 Å². The van der Waals surface area contributed by atoms with Gasteiger partial charge in [-0.15, -0.1) is 0 Å². The van der Waals surface area contributed by atoms with E-state index >= 15 is 0 Å². The second-order valence-electron chi connectivity index (χ2n) is 12.4. The zero-order chi connectivity index (χ0) is 30.4. The number of fused-ring (bicyclic) bond motifs is 8. The largest absolute Gasteiger partial charge is 0.462 e. The van der Waals surface area contributed by atoms with E-state index in [0.717, 1.165) is 44.9 Å². The minimum Gasteiger partial charge on any atom is -0.462 e. The van der Waals surface area contributed by atoms with Crippen molar-refractivity contribution in [2.24, 2.45) is 0 Å². The second kappa shape index (κ2) is 11.0. The molecule has 0 aromatic carbocycles. The number of rotatable bonds is 6. The predicted molar refractivity (Wildman–Crippen MR) is 165 cm³/mol. The summed E-state index contributed by atoms with van der Waals surface area (Å²) < 4.78 is 11.0. The number of ether oxygens (including phenoxy) is 2. The molecule has 5 heterocycles. The maximum absolute atomic E-state index is 13.3. The van der Waals surface area contributed by atoms with Crippen LogP contribution in [0.25, 0.3) is 22.1 Å². The number of H-pyrrole nitrogens is 2. The van der Waals surface area contributed by atoms with Crippen molar-refractivity contribution in [2.45, 2.75) is 91.9 Å². The molecule has 0 spiro atoms. The molecule has 8 nitrogen and oxygen atoms in total. The molecule has 2 N–H and O–H groups in total. The average Bonchev–Trinajstić information content (AvgIpc) is 3.60. The summed E-state index contributed by atoms with van der Waals surface area (Å²) in [6.07, 6.45) is 2.72. The molecule has 0 aliphatic carbocycles. The van der Waals surface area contributed by atoms with Gasteiger partial charge in [0, 0.05) is 57.5 Å². The molecule has 0 saturated carbocycles. The van der Waals surface area contributed by atoms with E-state index in [1.165, 1.54) is 0 Å². The Morgan fingerprint density at radius 1 is 0.667 bits per heavy atom. The van der Waals surface area contributed by atoms with Gasteiger partial charge in [0.25, 0.3) is 0 Å². The number of aromatic amines is 2. The fourth-order valence-corrected chi connectivity index (χ4v) is 6.24.